The molecule has 4 aliphatic heterocycles. The number of nitrogens with zero attached hydrogens (tertiary/aromatic N) is 3. The highest BCUT2D eigenvalue weighted by atomic mass is 16.6. The normalized spacial score (nSPS) is 34.9. The number of hydrogen-bond acceptors (Lipinski definition) is 7. The van der Waals surface area contributed by atoms with Crippen LogP contribution in [0.3, 0.4) is 0 Å². The van der Waals surface area contributed by atoms with Crippen LogP contribution < -0.4 is 0 Å². The van der Waals surface area contributed by atoms with E-state index in [9.17, 15) is 24.3 Å². The minimum Gasteiger partial charge on any atom is -0.455 e. The van der Waals surface area contributed by atoms with Gasteiger partial charge >= 0.3 is 5.97 Å². The summed E-state index contributed by atoms with van der Waals surface area (Å²) in [6, 6.07) is 6.98. The Bertz CT molecular complexity index is 1320. The molecule has 8 atom stereocenters. The van der Waals surface area contributed by atoms with Crippen LogP contribution in [0, 0.1) is 11.8 Å². The van der Waals surface area contributed by atoms with Crippen LogP contribution in [0.25, 0.3) is 0 Å². The number of hydrogen-bond donors (Lipinski definition) is 1. The van der Waals surface area contributed by atoms with E-state index in [2.05, 4.69) is 0 Å². The number of ether oxygens (including phenoxy) is 2. The Hall–Kier alpha value is -3.50. The first kappa shape index (κ1) is 30.9. The van der Waals surface area contributed by atoms with Crippen molar-refractivity contribution in [2.45, 2.75) is 88.9 Å². The molecule has 0 unspecified atom stereocenters. The maximum absolute atomic E-state index is 14.4. The SMILES string of the molecule is C[C@H](CO)N1C(=O)[C@H]2[C@@H]3C(=O)O[C@@H](c4ccccc4)[C@H](C)N(C)C(=O)CC/C=C\[C@@H]3O[C@]23C=CCN(C(C)(C)C)C(=O)[C@H]13. The van der Waals surface area contributed by atoms with Crippen molar-refractivity contribution in [2.75, 3.05) is 20.2 Å². The first-order valence-corrected chi connectivity index (χ1v) is 15.1. The number of amides is 3. The van der Waals surface area contributed by atoms with Gasteiger partial charge in [-0.2, -0.15) is 0 Å². The number of cyclic esters (lactones) is 1. The van der Waals surface area contributed by atoms with Gasteiger partial charge in [-0.05, 0) is 46.6 Å². The van der Waals surface area contributed by atoms with Gasteiger partial charge in [-0.1, -0.05) is 54.6 Å². The number of carbonyl (C=O) groups excluding carboxylic acids is 4. The number of aliphatic hydroxyl groups excluding tert-OH is 1. The first-order valence-electron chi connectivity index (χ1n) is 15.1. The Balaban J connectivity index is 1.64. The highest BCUT2D eigenvalue weighted by molar-refractivity contribution is 5.99. The third-order valence-electron chi connectivity index (χ3n) is 9.42. The van der Waals surface area contributed by atoms with Crippen LogP contribution in [0.15, 0.2) is 54.6 Å². The summed E-state index contributed by atoms with van der Waals surface area (Å²) in [7, 11) is 1.70. The zero-order chi connectivity index (χ0) is 31.3. The van der Waals surface area contributed by atoms with Crippen LogP contribution in [-0.2, 0) is 28.7 Å². The third-order valence-corrected chi connectivity index (χ3v) is 9.42. The minimum absolute atomic E-state index is 0.0856. The molecule has 5 rings (SSSR count). The van der Waals surface area contributed by atoms with Gasteiger partial charge in [0.25, 0.3) is 0 Å². The van der Waals surface area contributed by atoms with Crippen LogP contribution >= 0.6 is 0 Å². The van der Waals surface area contributed by atoms with Gasteiger partial charge in [0, 0.05) is 25.6 Å². The molecular weight excluding hydrogens is 550 g/mol. The summed E-state index contributed by atoms with van der Waals surface area (Å²) in [6.07, 6.45) is 6.13. The lowest BCUT2D eigenvalue weighted by molar-refractivity contribution is -0.164. The summed E-state index contributed by atoms with van der Waals surface area (Å²) in [4.78, 5) is 60.8. The van der Waals surface area contributed by atoms with Gasteiger partial charge in [0.2, 0.25) is 17.7 Å². The highest BCUT2D eigenvalue weighted by Crippen LogP contribution is 2.54. The van der Waals surface area contributed by atoms with Crippen LogP contribution in [-0.4, -0.2) is 99.1 Å². The highest BCUT2D eigenvalue weighted by Gasteiger charge is 2.72. The van der Waals surface area contributed by atoms with E-state index in [0.29, 0.717) is 13.0 Å². The van der Waals surface area contributed by atoms with E-state index in [4.69, 9.17) is 9.47 Å². The maximum Gasteiger partial charge on any atom is 0.313 e. The molecule has 1 aromatic rings. The second-order valence-corrected chi connectivity index (χ2v) is 13.1. The van der Waals surface area contributed by atoms with Gasteiger partial charge in [0.1, 0.15) is 23.7 Å². The zero-order valence-corrected chi connectivity index (χ0v) is 25.8. The summed E-state index contributed by atoms with van der Waals surface area (Å²) in [5.41, 5.74) is -1.28. The molecule has 1 N–H and O–H groups in total. The Morgan fingerprint density at radius 2 is 1.77 bits per heavy atom. The maximum atomic E-state index is 14.4. The van der Waals surface area contributed by atoms with Crippen molar-refractivity contribution in [3.8, 4) is 0 Å². The average Bonchev–Trinajstić information content (AvgIpc) is 3.36. The predicted octanol–water partition coefficient (Wildman–Crippen LogP) is 2.63. The number of aliphatic hydroxyl groups is 1. The molecule has 1 spiro atoms. The van der Waals surface area contributed by atoms with Crippen LogP contribution in [0.5, 0.6) is 0 Å². The Labute approximate surface area is 253 Å². The second-order valence-electron chi connectivity index (χ2n) is 13.1. The molecule has 1 aromatic carbocycles. The van der Waals surface area contributed by atoms with Crippen molar-refractivity contribution in [3.63, 3.8) is 0 Å². The lowest BCUT2D eigenvalue weighted by Crippen LogP contribution is -2.60. The molecule has 10 nitrogen and oxygen atoms in total. The zero-order valence-electron chi connectivity index (χ0n) is 25.8. The lowest BCUT2D eigenvalue weighted by Gasteiger charge is -2.41. The fraction of sp³-hybridized carbons (Fsp3) is 0.576. The number of likely N-dealkylation sites (N-methyl/N-ethyl adjacent to an activating group) is 1. The molecule has 43 heavy (non-hydrogen) atoms. The summed E-state index contributed by atoms with van der Waals surface area (Å²) in [5, 5.41) is 10.2. The molecule has 10 heteroatoms. The van der Waals surface area contributed by atoms with Crippen LogP contribution in [0.2, 0.25) is 0 Å². The quantitative estimate of drug-likeness (QED) is 0.423. The molecule has 2 saturated heterocycles. The molecule has 4 aliphatic rings. The summed E-state index contributed by atoms with van der Waals surface area (Å²) >= 11 is 0. The van der Waals surface area contributed by atoms with Gasteiger partial charge < -0.3 is 29.3 Å². The van der Waals surface area contributed by atoms with E-state index in [-0.39, 0.29) is 24.8 Å². The lowest BCUT2D eigenvalue weighted by atomic mass is 9.77. The van der Waals surface area contributed by atoms with E-state index in [0.717, 1.165) is 5.56 Å². The van der Waals surface area contributed by atoms with Crippen LogP contribution in [0.4, 0.5) is 0 Å². The number of fused-ring (bicyclic) bond motifs is 2. The molecule has 0 radical (unpaired) electrons. The van der Waals surface area contributed by atoms with Crippen molar-refractivity contribution in [2.24, 2.45) is 11.8 Å². The van der Waals surface area contributed by atoms with Crippen molar-refractivity contribution in [3.05, 3.63) is 60.2 Å². The Kier molecular flexibility index (Phi) is 8.30. The first-order chi connectivity index (χ1) is 20.3. The van der Waals surface area contributed by atoms with Gasteiger partial charge in [0.05, 0.1) is 30.7 Å². The topological polar surface area (TPSA) is 117 Å². The van der Waals surface area contributed by atoms with E-state index in [1.807, 2.05) is 64.1 Å². The molecular formula is C33H43N3O7. The summed E-state index contributed by atoms with van der Waals surface area (Å²) in [6.45, 7) is 9.26. The van der Waals surface area contributed by atoms with Gasteiger partial charge in [-0.3, -0.25) is 19.2 Å². The smallest absolute Gasteiger partial charge is 0.313 e. The van der Waals surface area contributed by atoms with Gasteiger partial charge in [0.15, 0.2) is 0 Å². The molecule has 0 aromatic heterocycles. The van der Waals surface area contributed by atoms with E-state index in [1.54, 1.807) is 42.0 Å². The average molecular weight is 594 g/mol. The standard InChI is InChI=1S/C33H43N3O7/c1-20(19-37)36-28-30(40)35(32(3,4)5)18-12-17-33(28)26(29(36)39)25-23(43-33)15-10-11-16-24(38)34(6)21(2)27(42-31(25)41)22-13-8-7-9-14-22/h7-10,12-15,17,20-21,23,25-28,37H,11,16,18-19H2,1-6H3/b15-10-/t20-,21+,23+,25-,26-,27-,28+,33-/m1/s1. The predicted molar refractivity (Wildman–Crippen MR) is 158 cm³/mol. The van der Waals surface area contributed by atoms with Gasteiger partial charge in [-0.25, -0.2) is 0 Å². The second kappa shape index (κ2) is 11.5. The summed E-state index contributed by atoms with van der Waals surface area (Å²) < 4.78 is 13.0. The fourth-order valence-corrected chi connectivity index (χ4v) is 6.99. The Morgan fingerprint density at radius 3 is 2.42 bits per heavy atom. The number of carbonyl (C=O) groups is 4. The molecule has 0 bridgehead atoms. The number of allylic oxidation sites excluding steroid dienone is 1. The molecule has 232 valence electrons. The van der Waals surface area contributed by atoms with Crippen molar-refractivity contribution in [1.82, 2.24) is 14.7 Å². The van der Waals surface area contributed by atoms with E-state index < -0.39 is 65.2 Å². The number of likely N-dealkylation sites (tertiary alicyclic amines) is 1. The number of esters is 1. The Morgan fingerprint density at radius 1 is 1.07 bits per heavy atom. The molecule has 2 fully saturated rings. The van der Waals surface area contributed by atoms with Crippen molar-refractivity contribution >= 4 is 23.7 Å². The fourth-order valence-electron chi connectivity index (χ4n) is 6.99. The minimum atomic E-state index is -1.45. The van der Waals surface area contributed by atoms with Crippen molar-refractivity contribution in [1.29, 1.82) is 0 Å². The molecule has 0 aliphatic carbocycles. The van der Waals surface area contributed by atoms with E-state index in [1.165, 1.54) is 4.90 Å². The number of benzene rings is 1. The third kappa shape index (κ3) is 5.18. The van der Waals surface area contributed by atoms with Crippen LogP contribution in [0.1, 0.15) is 59.1 Å². The number of rotatable bonds is 3. The van der Waals surface area contributed by atoms with Crippen molar-refractivity contribution < 1.29 is 33.8 Å². The monoisotopic (exact) mass is 593 g/mol. The molecule has 4 heterocycles. The summed E-state index contributed by atoms with van der Waals surface area (Å²) in [5.74, 6) is -3.56. The van der Waals surface area contributed by atoms with E-state index >= 15 is 0 Å². The molecule has 3 amide bonds. The largest absolute Gasteiger partial charge is 0.455 e. The molecule has 0 saturated carbocycles. The van der Waals surface area contributed by atoms with Gasteiger partial charge in [-0.15, -0.1) is 0 Å².